The maximum atomic E-state index is 8.81. The van der Waals surface area contributed by atoms with Gasteiger partial charge in [0, 0.05) is 5.02 Å². The molecule has 92 valence electrons. The molecule has 18 heavy (non-hydrogen) atoms. The minimum atomic E-state index is -0.00698. The van der Waals surface area contributed by atoms with Crippen LogP contribution in [0.1, 0.15) is 23.4 Å². The highest BCUT2D eigenvalue weighted by atomic mass is 35.5. The molecule has 0 aliphatic rings. The Morgan fingerprint density at radius 1 is 1.39 bits per heavy atom. The summed E-state index contributed by atoms with van der Waals surface area (Å²) in [7, 11) is 0. The molecule has 0 spiro atoms. The van der Waals surface area contributed by atoms with E-state index in [1.807, 2.05) is 37.3 Å². The van der Waals surface area contributed by atoms with Crippen LogP contribution in [0.25, 0.3) is 0 Å². The van der Waals surface area contributed by atoms with Gasteiger partial charge in [0.05, 0.1) is 6.04 Å². The van der Waals surface area contributed by atoms with Gasteiger partial charge in [-0.05, 0) is 18.6 Å². The zero-order valence-corrected chi connectivity index (χ0v) is 11.8. The molecule has 0 aliphatic heterocycles. The Morgan fingerprint density at radius 2 is 2.11 bits per heavy atom. The lowest BCUT2D eigenvalue weighted by Gasteiger charge is -2.14. The van der Waals surface area contributed by atoms with Gasteiger partial charge in [-0.15, -0.1) is 0 Å². The van der Waals surface area contributed by atoms with E-state index < -0.39 is 0 Å². The Morgan fingerprint density at radius 3 is 2.72 bits per heavy atom. The largest absolute Gasteiger partial charge is 0.355 e. The molecule has 1 unspecified atom stereocenters. The quantitative estimate of drug-likeness (QED) is 0.908. The van der Waals surface area contributed by atoms with Crippen molar-refractivity contribution in [1.29, 1.82) is 5.26 Å². The predicted octanol–water partition coefficient (Wildman–Crippen LogP) is 4.49. The number of nitrogens with zero attached hydrogens (tertiary/aromatic N) is 2. The van der Waals surface area contributed by atoms with Gasteiger partial charge >= 0.3 is 0 Å². The monoisotopic (exact) mass is 297 g/mol. The molecule has 0 saturated carbocycles. The van der Waals surface area contributed by atoms with Gasteiger partial charge in [-0.2, -0.15) is 5.26 Å². The molecular weight excluding hydrogens is 289 g/mol. The van der Waals surface area contributed by atoms with Crippen molar-refractivity contribution >= 4 is 39.7 Å². The summed E-state index contributed by atoms with van der Waals surface area (Å²) >= 11 is 13.2. The second kappa shape index (κ2) is 5.57. The predicted molar refractivity (Wildman–Crippen MR) is 75.3 cm³/mol. The summed E-state index contributed by atoms with van der Waals surface area (Å²) in [6.07, 6.45) is 0. The van der Waals surface area contributed by atoms with E-state index in [0.717, 1.165) is 5.56 Å². The molecule has 1 atom stereocenters. The highest BCUT2D eigenvalue weighted by Gasteiger charge is 2.13. The van der Waals surface area contributed by atoms with Gasteiger partial charge in [0.25, 0.3) is 0 Å². The van der Waals surface area contributed by atoms with Crippen LogP contribution in [-0.2, 0) is 0 Å². The van der Waals surface area contributed by atoms with Crippen molar-refractivity contribution in [2.75, 3.05) is 5.32 Å². The van der Waals surface area contributed by atoms with E-state index in [1.54, 1.807) is 0 Å². The molecule has 0 amide bonds. The molecule has 0 aliphatic carbocycles. The summed E-state index contributed by atoms with van der Waals surface area (Å²) in [4.78, 5) is 4.49. The third-order valence-electron chi connectivity index (χ3n) is 2.40. The summed E-state index contributed by atoms with van der Waals surface area (Å²) in [5.41, 5.74) is 0.976. The van der Waals surface area contributed by atoms with Gasteiger partial charge in [-0.1, -0.05) is 52.7 Å². The van der Waals surface area contributed by atoms with Crippen molar-refractivity contribution in [3.8, 4) is 6.07 Å². The number of hydrogen-bond acceptors (Lipinski definition) is 4. The Bertz CT molecular complexity index is 604. The summed E-state index contributed by atoms with van der Waals surface area (Å²) in [6, 6.07) is 9.58. The number of nitriles is 1. The molecule has 0 bridgehead atoms. The van der Waals surface area contributed by atoms with E-state index in [9.17, 15) is 0 Å². The fourth-order valence-corrected chi connectivity index (χ4v) is 2.85. The summed E-state index contributed by atoms with van der Waals surface area (Å²) in [5, 5.41) is 13.5. The van der Waals surface area contributed by atoms with Crippen LogP contribution >= 0.6 is 34.5 Å². The van der Waals surface area contributed by atoms with Crippen molar-refractivity contribution in [3.05, 3.63) is 44.9 Å². The lowest BCUT2D eigenvalue weighted by atomic mass is 10.1. The number of anilines is 1. The third kappa shape index (κ3) is 2.75. The lowest BCUT2D eigenvalue weighted by molar-refractivity contribution is 0.882. The van der Waals surface area contributed by atoms with Crippen LogP contribution in [0.4, 0.5) is 5.13 Å². The molecule has 2 aromatic rings. The average Bonchev–Trinajstić information content (AvgIpc) is 2.69. The standard InChI is InChI=1S/C12H9Cl2N3S/c1-7(8-4-2-3-5-9(8)13)16-12-17-11(14)10(6-15)18-12/h2-5,7H,1H3,(H,16,17). The topological polar surface area (TPSA) is 48.7 Å². The van der Waals surface area contributed by atoms with Crippen LogP contribution in [0.3, 0.4) is 0 Å². The second-order valence-electron chi connectivity index (χ2n) is 3.64. The molecule has 3 nitrogen and oxygen atoms in total. The molecule has 1 heterocycles. The number of nitrogens with one attached hydrogen (secondary N) is 1. The minimum Gasteiger partial charge on any atom is -0.355 e. The molecule has 0 fully saturated rings. The number of halogens is 2. The molecule has 0 radical (unpaired) electrons. The van der Waals surface area contributed by atoms with E-state index in [4.69, 9.17) is 28.5 Å². The first-order valence-electron chi connectivity index (χ1n) is 5.19. The highest BCUT2D eigenvalue weighted by Crippen LogP contribution is 2.30. The summed E-state index contributed by atoms with van der Waals surface area (Å²) < 4.78 is 0. The van der Waals surface area contributed by atoms with Crippen molar-refractivity contribution in [3.63, 3.8) is 0 Å². The molecule has 6 heteroatoms. The van der Waals surface area contributed by atoms with Crippen LogP contribution in [0.15, 0.2) is 24.3 Å². The Hall–Kier alpha value is -1.28. The molecule has 2 rings (SSSR count). The smallest absolute Gasteiger partial charge is 0.185 e. The number of aromatic nitrogens is 1. The molecular formula is C12H9Cl2N3S. The van der Waals surface area contributed by atoms with Crippen LogP contribution in [0, 0.1) is 11.3 Å². The maximum absolute atomic E-state index is 8.81. The van der Waals surface area contributed by atoms with E-state index in [0.29, 0.717) is 15.0 Å². The van der Waals surface area contributed by atoms with Crippen LogP contribution < -0.4 is 5.32 Å². The van der Waals surface area contributed by atoms with Crippen LogP contribution in [-0.4, -0.2) is 4.98 Å². The number of thiazole rings is 1. The summed E-state index contributed by atoms with van der Waals surface area (Å²) in [5.74, 6) is 0. The van der Waals surface area contributed by atoms with Crippen molar-refractivity contribution in [2.24, 2.45) is 0 Å². The third-order valence-corrected chi connectivity index (χ3v) is 4.02. The molecule has 1 N–H and O–H groups in total. The first-order chi connectivity index (χ1) is 8.61. The van der Waals surface area contributed by atoms with Crippen LogP contribution in [0.5, 0.6) is 0 Å². The Balaban J connectivity index is 2.19. The van der Waals surface area contributed by atoms with Gasteiger partial charge in [-0.25, -0.2) is 4.98 Å². The first kappa shape index (κ1) is 13.2. The SMILES string of the molecule is CC(Nc1nc(Cl)c(C#N)s1)c1ccccc1Cl. The zero-order chi connectivity index (χ0) is 13.1. The number of benzene rings is 1. The van der Waals surface area contributed by atoms with Gasteiger partial charge in [-0.3, -0.25) is 0 Å². The number of hydrogen-bond donors (Lipinski definition) is 1. The molecule has 1 aromatic heterocycles. The molecule has 1 aromatic carbocycles. The van der Waals surface area contributed by atoms with Gasteiger partial charge in [0.2, 0.25) is 0 Å². The van der Waals surface area contributed by atoms with Crippen LogP contribution in [0.2, 0.25) is 10.2 Å². The van der Waals surface area contributed by atoms with Crippen molar-refractivity contribution in [1.82, 2.24) is 4.98 Å². The molecule has 0 saturated heterocycles. The highest BCUT2D eigenvalue weighted by molar-refractivity contribution is 7.16. The van der Waals surface area contributed by atoms with Gasteiger partial charge < -0.3 is 5.32 Å². The van der Waals surface area contributed by atoms with E-state index >= 15 is 0 Å². The Labute approximate surface area is 119 Å². The Kier molecular flexibility index (Phi) is 4.07. The second-order valence-corrected chi connectivity index (χ2v) is 5.40. The number of rotatable bonds is 3. The van der Waals surface area contributed by atoms with E-state index in [1.165, 1.54) is 11.3 Å². The minimum absolute atomic E-state index is 0.00698. The normalized spacial score (nSPS) is 11.9. The average molecular weight is 298 g/mol. The van der Waals surface area contributed by atoms with Gasteiger partial charge in [0.15, 0.2) is 10.3 Å². The fourth-order valence-electron chi connectivity index (χ4n) is 1.52. The first-order valence-corrected chi connectivity index (χ1v) is 6.76. The maximum Gasteiger partial charge on any atom is 0.185 e. The summed E-state index contributed by atoms with van der Waals surface area (Å²) in [6.45, 7) is 1.97. The van der Waals surface area contributed by atoms with Crippen molar-refractivity contribution < 1.29 is 0 Å². The zero-order valence-electron chi connectivity index (χ0n) is 9.45. The fraction of sp³-hybridized carbons (Fsp3) is 0.167. The van der Waals surface area contributed by atoms with Gasteiger partial charge in [0.1, 0.15) is 10.9 Å². The van der Waals surface area contributed by atoms with E-state index in [2.05, 4.69) is 10.3 Å². The lowest BCUT2D eigenvalue weighted by Crippen LogP contribution is -2.06. The van der Waals surface area contributed by atoms with E-state index in [-0.39, 0.29) is 11.2 Å². The van der Waals surface area contributed by atoms with Crippen molar-refractivity contribution in [2.45, 2.75) is 13.0 Å².